The van der Waals surface area contributed by atoms with Crippen LogP contribution >= 0.6 is 7.82 Å². The van der Waals surface area contributed by atoms with Gasteiger partial charge in [0, 0.05) is 12.8 Å². The zero-order valence-corrected chi connectivity index (χ0v) is 37.7. The predicted molar refractivity (Wildman–Crippen MR) is 233 cm³/mol. The Morgan fingerprint density at radius 2 is 0.719 bits per heavy atom. The molecule has 0 aliphatic rings. The third-order valence-corrected chi connectivity index (χ3v) is 11.4. The monoisotopic (exact) mass is 833 g/mol. The van der Waals surface area contributed by atoms with Crippen molar-refractivity contribution in [1.82, 2.24) is 0 Å². The number of aliphatic hydroxyl groups excluding tert-OH is 2. The molecule has 0 radical (unpaired) electrons. The van der Waals surface area contributed by atoms with E-state index in [9.17, 15) is 29.3 Å². The van der Waals surface area contributed by atoms with E-state index in [1.54, 1.807) is 0 Å². The van der Waals surface area contributed by atoms with Crippen LogP contribution in [0.3, 0.4) is 0 Å². The summed E-state index contributed by atoms with van der Waals surface area (Å²) in [4.78, 5) is 34.6. The first-order chi connectivity index (χ1) is 27.8. The lowest BCUT2D eigenvalue weighted by Crippen LogP contribution is -2.28. The number of hydrogen-bond acceptors (Lipinski definition) is 9. The standard InChI is InChI=1S/C46H89O10P/c1-3-5-7-9-11-13-15-17-19-21-23-25-27-29-31-33-35-37-45(49)55-43(39-47)41-53-57(51,52)54-42-44(40-48)56-46(50)38-36-34-32-30-28-26-24-22-20-18-16-14-12-10-8-6-4-2/h17,19,43-44,47-48H,3-16,18,20-42H2,1-2H3,(H,51,52)/b19-17-. The number of carbonyl (C=O) groups excluding carboxylic acids is 2. The Morgan fingerprint density at radius 3 is 1.00 bits per heavy atom. The van der Waals surface area contributed by atoms with E-state index < -0.39 is 58.4 Å². The first-order valence-electron chi connectivity index (χ1n) is 23.6. The van der Waals surface area contributed by atoms with Crippen LogP contribution in [0.5, 0.6) is 0 Å². The molecule has 0 rings (SSSR count). The lowest BCUT2D eigenvalue weighted by atomic mass is 10.0. The molecular formula is C46H89O10P. The molecule has 3 unspecified atom stereocenters. The van der Waals surface area contributed by atoms with Gasteiger partial charge >= 0.3 is 19.8 Å². The van der Waals surface area contributed by atoms with E-state index in [0.29, 0.717) is 12.8 Å². The smallest absolute Gasteiger partial charge is 0.457 e. The van der Waals surface area contributed by atoms with Crippen LogP contribution in [0, 0.1) is 0 Å². The number of esters is 2. The second-order valence-corrected chi connectivity index (χ2v) is 17.6. The number of allylic oxidation sites excluding steroid dienone is 2. The average Bonchev–Trinajstić information content (AvgIpc) is 3.20. The Morgan fingerprint density at radius 1 is 0.456 bits per heavy atom. The van der Waals surface area contributed by atoms with Crippen LogP contribution in [0.25, 0.3) is 0 Å². The summed E-state index contributed by atoms with van der Waals surface area (Å²) in [5.74, 6) is -1.01. The number of ether oxygens (including phenoxy) is 2. The minimum Gasteiger partial charge on any atom is -0.457 e. The van der Waals surface area contributed by atoms with Gasteiger partial charge in [-0.05, 0) is 38.5 Å². The van der Waals surface area contributed by atoms with Crippen LogP contribution in [0.1, 0.15) is 232 Å². The summed E-state index contributed by atoms with van der Waals surface area (Å²) in [6.07, 6.45) is 41.8. The molecule has 0 bridgehead atoms. The summed E-state index contributed by atoms with van der Waals surface area (Å²) in [5, 5.41) is 19.2. The van der Waals surface area contributed by atoms with Gasteiger partial charge < -0.3 is 24.6 Å². The molecule has 0 spiro atoms. The van der Waals surface area contributed by atoms with Gasteiger partial charge in [-0.1, -0.05) is 193 Å². The summed E-state index contributed by atoms with van der Waals surface area (Å²) >= 11 is 0. The highest BCUT2D eigenvalue weighted by molar-refractivity contribution is 7.47. The van der Waals surface area contributed by atoms with Crippen molar-refractivity contribution in [3.05, 3.63) is 12.2 Å². The molecular weight excluding hydrogens is 743 g/mol. The van der Waals surface area contributed by atoms with Crippen LogP contribution in [0.2, 0.25) is 0 Å². The number of phosphoric ester groups is 1. The molecule has 0 aliphatic carbocycles. The first-order valence-corrected chi connectivity index (χ1v) is 25.1. The van der Waals surface area contributed by atoms with E-state index >= 15 is 0 Å². The highest BCUT2D eigenvalue weighted by Gasteiger charge is 2.27. The molecule has 0 aromatic rings. The minimum absolute atomic E-state index is 0.191. The largest absolute Gasteiger partial charge is 0.472 e. The van der Waals surface area contributed by atoms with Gasteiger partial charge in [-0.25, -0.2) is 4.57 Å². The van der Waals surface area contributed by atoms with Crippen LogP contribution in [-0.4, -0.2) is 65.7 Å². The number of hydrogen-bond donors (Lipinski definition) is 3. The lowest BCUT2D eigenvalue weighted by molar-refractivity contribution is -0.153. The molecule has 0 fully saturated rings. The quantitative estimate of drug-likeness (QED) is 0.0234. The Bertz CT molecular complexity index is 961. The van der Waals surface area contributed by atoms with Crippen molar-refractivity contribution >= 4 is 19.8 Å². The van der Waals surface area contributed by atoms with Crippen molar-refractivity contribution in [1.29, 1.82) is 0 Å². The third kappa shape index (κ3) is 41.2. The molecule has 3 atom stereocenters. The minimum atomic E-state index is -4.63. The van der Waals surface area contributed by atoms with Gasteiger partial charge in [0.1, 0.15) is 12.2 Å². The van der Waals surface area contributed by atoms with Crippen molar-refractivity contribution in [3.8, 4) is 0 Å². The molecule has 11 heteroatoms. The molecule has 0 amide bonds. The maximum Gasteiger partial charge on any atom is 0.472 e. The summed E-state index contributed by atoms with van der Waals surface area (Å²) in [7, 11) is -4.63. The van der Waals surface area contributed by atoms with Gasteiger partial charge in [0.2, 0.25) is 0 Å². The van der Waals surface area contributed by atoms with Gasteiger partial charge in [-0.2, -0.15) is 0 Å². The van der Waals surface area contributed by atoms with Crippen molar-refractivity contribution in [3.63, 3.8) is 0 Å². The molecule has 0 saturated heterocycles. The van der Waals surface area contributed by atoms with Gasteiger partial charge in [0.05, 0.1) is 26.4 Å². The fraction of sp³-hybridized carbons (Fsp3) is 0.913. The van der Waals surface area contributed by atoms with Crippen molar-refractivity contribution in [2.45, 2.75) is 244 Å². The number of aliphatic hydroxyl groups is 2. The van der Waals surface area contributed by atoms with E-state index in [1.165, 1.54) is 148 Å². The van der Waals surface area contributed by atoms with Crippen LogP contribution in [0.15, 0.2) is 12.2 Å². The van der Waals surface area contributed by atoms with E-state index in [0.717, 1.165) is 44.9 Å². The number of carbonyl (C=O) groups is 2. The summed E-state index contributed by atoms with van der Waals surface area (Å²) in [6.45, 7) is 2.24. The Kier molecular flexibility index (Phi) is 41.9. The van der Waals surface area contributed by atoms with Gasteiger partial charge in [-0.3, -0.25) is 18.6 Å². The van der Waals surface area contributed by atoms with Crippen LogP contribution < -0.4 is 0 Å². The molecule has 0 saturated carbocycles. The number of phosphoric acid groups is 1. The highest BCUT2D eigenvalue weighted by Crippen LogP contribution is 2.43. The van der Waals surface area contributed by atoms with E-state index in [-0.39, 0.29) is 12.8 Å². The number of unbranched alkanes of at least 4 members (excludes halogenated alkanes) is 29. The van der Waals surface area contributed by atoms with E-state index in [2.05, 4.69) is 26.0 Å². The normalized spacial score (nSPS) is 13.8. The fourth-order valence-electron chi connectivity index (χ4n) is 6.82. The third-order valence-electron chi connectivity index (χ3n) is 10.5. The van der Waals surface area contributed by atoms with Gasteiger partial charge in [-0.15, -0.1) is 0 Å². The molecule has 338 valence electrons. The second kappa shape index (κ2) is 42.8. The van der Waals surface area contributed by atoms with Crippen LogP contribution in [0.4, 0.5) is 0 Å². The summed E-state index contributed by atoms with van der Waals surface area (Å²) < 4.78 is 32.6. The van der Waals surface area contributed by atoms with Gasteiger partial charge in [0.15, 0.2) is 0 Å². The summed E-state index contributed by atoms with van der Waals surface area (Å²) in [6, 6.07) is 0. The molecule has 0 aromatic carbocycles. The number of rotatable bonds is 45. The van der Waals surface area contributed by atoms with E-state index in [4.69, 9.17) is 18.5 Å². The maximum absolute atomic E-state index is 12.4. The molecule has 0 aromatic heterocycles. The first kappa shape index (κ1) is 55.7. The maximum atomic E-state index is 12.4. The fourth-order valence-corrected chi connectivity index (χ4v) is 7.60. The van der Waals surface area contributed by atoms with Gasteiger partial charge in [0.25, 0.3) is 0 Å². The SMILES string of the molecule is CCCCCCCC/C=C\CCCCCCCCCC(=O)OC(CO)COP(=O)(O)OCC(CO)OC(=O)CCCCCCCCCCCCCCCCCCC. The molecule has 0 aliphatic heterocycles. The zero-order chi connectivity index (χ0) is 41.9. The zero-order valence-electron chi connectivity index (χ0n) is 36.8. The predicted octanol–water partition coefficient (Wildman–Crippen LogP) is 12.8. The lowest BCUT2D eigenvalue weighted by Gasteiger charge is -2.20. The average molecular weight is 833 g/mol. The van der Waals surface area contributed by atoms with Crippen molar-refractivity contribution in [2.24, 2.45) is 0 Å². The Balaban J connectivity index is 3.86. The van der Waals surface area contributed by atoms with E-state index in [1.807, 2.05) is 0 Å². The Labute approximate surface area is 349 Å². The second-order valence-electron chi connectivity index (χ2n) is 16.1. The summed E-state index contributed by atoms with van der Waals surface area (Å²) in [5.41, 5.74) is 0. The van der Waals surface area contributed by atoms with Crippen molar-refractivity contribution in [2.75, 3.05) is 26.4 Å². The Hall–Kier alpha value is -1.29. The topological polar surface area (TPSA) is 149 Å². The van der Waals surface area contributed by atoms with Crippen LogP contribution in [-0.2, 0) is 32.7 Å². The highest BCUT2D eigenvalue weighted by atomic mass is 31.2. The molecule has 10 nitrogen and oxygen atoms in total. The molecule has 57 heavy (non-hydrogen) atoms. The van der Waals surface area contributed by atoms with Crippen molar-refractivity contribution < 1.29 is 47.8 Å². The molecule has 0 heterocycles. The molecule has 3 N–H and O–H groups in total.